The molecule has 188 valence electrons. The standard InChI is InChI=1S/C30H23N3O5/c34-28(32-15-19-6-5-11-31-14-19)21-8-2-1-7-20(21)16-33-24-10-4-3-9-22(24)30(29(33)35)17-36-25-13-27-26(12-23(25)30)37-18-38-27/h1-14H,15-18H2,(H,32,34). The zero-order valence-electron chi connectivity index (χ0n) is 20.3. The van der Waals surface area contributed by atoms with Crippen molar-refractivity contribution in [3.05, 3.63) is 113 Å². The molecule has 1 atom stereocenters. The van der Waals surface area contributed by atoms with Gasteiger partial charge in [0.05, 0.1) is 6.54 Å². The Balaban J connectivity index is 1.23. The predicted molar refractivity (Wildman–Crippen MR) is 138 cm³/mol. The third-order valence-electron chi connectivity index (χ3n) is 7.41. The molecule has 1 N–H and O–H groups in total. The van der Waals surface area contributed by atoms with E-state index in [1.807, 2.05) is 60.7 Å². The number of carbonyl (C=O) groups is 2. The van der Waals surface area contributed by atoms with E-state index in [9.17, 15) is 9.59 Å². The molecule has 4 heterocycles. The van der Waals surface area contributed by atoms with Crippen LogP contribution in [0, 0.1) is 0 Å². The Labute approximate surface area is 218 Å². The van der Waals surface area contributed by atoms with E-state index in [0.29, 0.717) is 29.4 Å². The van der Waals surface area contributed by atoms with Crippen molar-refractivity contribution in [3.8, 4) is 17.2 Å². The Morgan fingerprint density at radius 1 is 0.921 bits per heavy atom. The molecule has 0 radical (unpaired) electrons. The number of benzene rings is 3. The SMILES string of the molecule is O=C(NCc1cccnc1)c1ccccc1CN1C(=O)C2(COc3cc4c(cc32)OCO4)c2ccccc21. The molecule has 0 bridgehead atoms. The minimum absolute atomic E-state index is 0.0955. The van der Waals surface area contributed by atoms with Gasteiger partial charge in [-0.2, -0.15) is 0 Å². The largest absolute Gasteiger partial charge is 0.491 e. The maximum absolute atomic E-state index is 14.3. The van der Waals surface area contributed by atoms with Gasteiger partial charge in [0.1, 0.15) is 17.8 Å². The van der Waals surface area contributed by atoms with Gasteiger partial charge < -0.3 is 24.4 Å². The topological polar surface area (TPSA) is 90.0 Å². The third kappa shape index (κ3) is 3.33. The number of pyridine rings is 1. The lowest BCUT2D eigenvalue weighted by Crippen LogP contribution is -2.42. The molecule has 0 aliphatic carbocycles. The highest BCUT2D eigenvalue weighted by atomic mass is 16.7. The summed E-state index contributed by atoms with van der Waals surface area (Å²) in [5, 5.41) is 2.97. The number of aromatic nitrogens is 1. The van der Waals surface area contributed by atoms with Crippen LogP contribution in [0.4, 0.5) is 5.69 Å². The molecule has 7 rings (SSSR count). The van der Waals surface area contributed by atoms with Crippen LogP contribution in [0.2, 0.25) is 0 Å². The third-order valence-corrected chi connectivity index (χ3v) is 7.41. The highest BCUT2D eigenvalue weighted by Gasteiger charge is 2.57. The first-order chi connectivity index (χ1) is 18.6. The van der Waals surface area contributed by atoms with Crippen LogP contribution in [0.1, 0.15) is 32.6 Å². The molecule has 1 aromatic heterocycles. The zero-order valence-corrected chi connectivity index (χ0v) is 20.3. The van der Waals surface area contributed by atoms with Gasteiger partial charge in [-0.3, -0.25) is 14.6 Å². The number of carbonyl (C=O) groups excluding carboxylic acids is 2. The van der Waals surface area contributed by atoms with Gasteiger partial charge in [-0.15, -0.1) is 0 Å². The molecule has 3 aliphatic rings. The van der Waals surface area contributed by atoms with Crippen molar-refractivity contribution in [3.63, 3.8) is 0 Å². The molecule has 4 aromatic rings. The van der Waals surface area contributed by atoms with E-state index in [0.717, 1.165) is 27.9 Å². The predicted octanol–water partition coefficient (Wildman–Crippen LogP) is 3.97. The Kier molecular flexibility index (Phi) is 5.07. The number of fused-ring (bicyclic) bond motifs is 5. The first-order valence-corrected chi connectivity index (χ1v) is 12.4. The van der Waals surface area contributed by atoms with E-state index >= 15 is 0 Å². The zero-order chi connectivity index (χ0) is 25.7. The van der Waals surface area contributed by atoms with E-state index < -0.39 is 5.41 Å². The summed E-state index contributed by atoms with van der Waals surface area (Å²) >= 11 is 0. The van der Waals surface area contributed by atoms with E-state index in [2.05, 4.69) is 10.3 Å². The number of ether oxygens (including phenoxy) is 3. The highest BCUT2D eigenvalue weighted by molar-refractivity contribution is 6.11. The minimum atomic E-state index is -0.996. The lowest BCUT2D eigenvalue weighted by Gasteiger charge is -2.24. The minimum Gasteiger partial charge on any atom is -0.491 e. The number of nitrogens with one attached hydrogen (secondary N) is 1. The molecular formula is C30H23N3O5. The Bertz CT molecular complexity index is 1590. The van der Waals surface area contributed by atoms with Crippen LogP contribution < -0.4 is 24.4 Å². The van der Waals surface area contributed by atoms with E-state index in [1.54, 1.807) is 29.4 Å². The summed E-state index contributed by atoms with van der Waals surface area (Å²) in [6.45, 7) is 0.931. The van der Waals surface area contributed by atoms with Crippen molar-refractivity contribution >= 4 is 17.5 Å². The summed E-state index contributed by atoms with van der Waals surface area (Å²) < 4.78 is 17.2. The number of hydrogen-bond donors (Lipinski definition) is 1. The molecule has 8 heteroatoms. The number of nitrogens with zero attached hydrogens (tertiary/aromatic N) is 2. The van der Waals surface area contributed by atoms with Gasteiger partial charge in [0.2, 0.25) is 12.7 Å². The van der Waals surface area contributed by atoms with Gasteiger partial charge in [-0.1, -0.05) is 42.5 Å². The van der Waals surface area contributed by atoms with Crippen molar-refractivity contribution in [2.75, 3.05) is 18.3 Å². The average molecular weight is 506 g/mol. The summed E-state index contributed by atoms with van der Waals surface area (Å²) in [4.78, 5) is 33.3. The maximum Gasteiger partial charge on any atom is 0.251 e. The smallest absolute Gasteiger partial charge is 0.251 e. The quantitative estimate of drug-likeness (QED) is 0.442. The van der Waals surface area contributed by atoms with Gasteiger partial charge in [0, 0.05) is 41.8 Å². The lowest BCUT2D eigenvalue weighted by atomic mass is 9.77. The normalized spacial score (nSPS) is 18.3. The molecule has 8 nitrogen and oxygen atoms in total. The Morgan fingerprint density at radius 3 is 2.61 bits per heavy atom. The van der Waals surface area contributed by atoms with E-state index in [4.69, 9.17) is 14.2 Å². The second-order valence-electron chi connectivity index (χ2n) is 9.51. The van der Waals surface area contributed by atoms with Crippen molar-refractivity contribution in [2.45, 2.75) is 18.5 Å². The van der Waals surface area contributed by atoms with Gasteiger partial charge in [0.15, 0.2) is 11.5 Å². The fraction of sp³-hybridized carbons (Fsp3) is 0.167. The Hall–Kier alpha value is -4.85. The monoisotopic (exact) mass is 505 g/mol. The van der Waals surface area contributed by atoms with Crippen molar-refractivity contribution in [1.29, 1.82) is 0 Å². The summed E-state index contributed by atoms with van der Waals surface area (Å²) in [5.74, 6) is 1.54. The molecule has 0 saturated heterocycles. The van der Waals surface area contributed by atoms with Crippen LogP contribution in [-0.2, 0) is 23.3 Å². The van der Waals surface area contributed by atoms with Gasteiger partial charge in [0.25, 0.3) is 5.91 Å². The van der Waals surface area contributed by atoms with Crippen molar-refractivity contribution in [2.24, 2.45) is 0 Å². The molecule has 1 spiro atoms. The lowest BCUT2D eigenvalue weighted by molar-refractivity contribution is -0.122. The number of anilines is 1. The first kappa shape index (κ1) is 22.4. The number of amides is 2. The molecule has 0 fully saturated rings. The molecule has 1 unspecified atom stereocenters. The summed E-state index contributed by atoms with van der Waals surface area (Å²) in [6.07, 6.45) is 3.42. The summed E-state index contributed by atoms with van der Waals surface area (Å²) in [7, 11) is 0. The van der Waals surface area contributed by atoms with Gasteiger partial charge in [-0.05, 0) is 41.0 Å². The highest BCUT2D eigenvalue weighted by Crippen LogP contribution is 2.55. The van der Waals surface area contributed by atoms with Crippen LogP contribution in [0.5, 0.6) is 17.2 Å². The van der Waals surface area contributed by atoms with Crippen molar-refractivity contribution < 1.29 is 23.8 Å². The van der Waals surface area contributed by atoms with Crippen LogP contribution >= 0.6 is 0 Å². The summed E-state index contributed by atoms with van der Waals surface area (Å²) in [5.41, 5.74) is 3.63. The molecule has 2 amide bonds. The summed E-state index contributed by atoms with van der Waals surface area (Å²) in [6, 6.07) is 22.5. The molecular weight excluding hydrogens is 482 g/mol. The van der Waals surface area contributed by atoms with E-state index in [-0.39, 0.29) is 31.8 Å². The number of rotatable bonds is 5. The van der Waals surface area contributed by atoms with Gasteiger partial charge in [-0.25, -0.2) is 0 Å². The van der Waals surface area contributed by atoms with Crippen molar-refractivity contribution in [1.82, 2.24) is 10.3 Å². The number of para-hydroxylation sites is 1. The van der Waals surface area contributed by atoms with Gasteiger partial charge >= 0.3 is 0 Å². The van der Waals surface area contributed by atoms with Crippen LogP contribution in [0.15, 0.2) is 85.2 Å². The van der Waals surface area contributed by atoms with Crippen LogP contribution in [0.3, 0.4) is 0 Å². The molecule has 0 saturated carbocycles. The second-order valence-corrected chi connectivity index (χ2v) is 9.51. The molecule has 3 aliphatic heterocycles. The number of hydrogen-bond acceptors (Lipinski definition) is 6. The molecule has 3 aromatic carbocycles. The fourth-order valence-corrected chi connectivity index (χ4v) is 5.55. The van der Waals surface area contributed by atoms with E-state index in [1.165, 1.54) is 0 Å². The van der Waals surface area contributed by atoms with Crippen LogP contribution in [-0.4, -0.2) is 30.2 Å². The fourth-order valence-electron chi connectivity index (χ4n) is 5.55. The Morgan fingerprint density at radius 2 is 1.74 bits per heavy atom. The van der Waals surface area contributed by atoms with Crippen LogP contribution in [0.25, 0.3) is 0 Å². The average Bonchev–Trinajstić information content (AvgIpc) is 3.64. The maximum atomic E-state index is 14.3. The second kappa shape index (κ2) is 8.62. The molecule has 38 heavy (non-hydrogen) atoms. The first-order valence-electron chi connectivity index (χ1n) is 12.4.